The van der Waals surface area contributed by atoms with Crippen LogP contribution in [-0.4, -0.2) is 0 Å². The first-order chi connectivity index (χ1) is 8.45. The van der Waals surface area contributed by atoms with Crippen LogP contribution in [0.3, 0.4) is 0 Å². The highest BCUT2D eigenvalue weighted by atomic mass is 14.0. The largest absolute Gasteiger partial charge is 0.0622 e. The van der Waals surface area contributed by atoms with Crippen LogP contribution in [0.1, 0.15) is 30.4 Å². The Morgan fingerprint density at radius 3 is 2.12 bits per heavy atom. The SMILES string of the molecule is [c]1cccc(CCCCCc2ccccc2)c1. The summed E-state index contributed by atoms with van der Waals surface area (Å²) in [7, 11) is 0. The van der Waals surface area contributed by atoms with Crippen LogP contribution in [0.25, 0.3) is 0 Å². The lowest BCUT2D eigenvalue weighted by atomic mass is 10.0. The Morgan fingerprint density at radius 2 is 1.41 bits per heavy atom. The zero-order chi connectivity index (χ0) is 11.8. The number of hydrogen-bond donors (Lipinski definition) is 0. The molecular weight excluding hydrogens is 204 g/mol. The Morgan fingerprint density at radius 1 is 0.706 bits per heavy atom. The highest BCUT2D eigenvalue weighted by Crippen LogP contribution is 2.09. The van der Waals surface area contributed by atoms with Crippen molar-refractivity contribution in [3.63, 3.8) is 0 Å². The van der Waals surface area contributed by atoms with E-state index in [0.717, 1.165) is 0 Å². The maximum Gasteiger partial charge on any atom is -0.0181 e. The van der Waals surface area contributed by atoms with Gasteiger partial charge in [-0.05, 0) is 42.9 Å². The number of rotatable bonds is 6. The second-order valence-corrected chi connectivity index (χ2v) is 4.46. The van der Waals surface area contributed by atoms with Crippen molar-refractivity contribution in [1.29, 1.82) is 0 Å². The van der Waals surface area contributed by atoms with Gasteiger partial charge in [0.1, 0.15) is 0 Å². The van der Waals surface area contributed by atoms with Crippen molar-refractivity contribution >= 4 is 0 Å². The smallest absolute Gasteiger partial charge is 0.0181 e. The molecule has 0 aliphatic rings. The summed E-state index contributed by atoms with van der Waals surface area (Å²) in [6, 6.07) is 22.2. The van der Waals surface area contributed by atoms with Crippen LogP contribution >= 0.6 is 0 Å². The van der Waals surface area contributed by atoms with Gasteiger partial charge in [0.25, 0.3) is 0 Å². The molecular formula is C17H19. The van der Waals surface area contributed by atoms with Gasteiger partial charge in [-0.25, -0.2) is 0 Å². The third kappa shape index (κ3) is 4.44. The first-order valence-electron chi connectivity index (χ1n) is 6.44. The standard InChI is InChI=1S/C17H19/c1-4-10-16(11-5-1)14-8-3-9-15-17-12-6-2-7-13-17/h1-2,4-6,10-13H,3,8-9,14-15H2. The Kier molecular flexibility index (Phi) is 4.84. The lowest BCUT2D eigenvalue weighted by Gasteiger charge is -2.02. The molecule has 17 heavy (non-hydrogen) atoms. The molecule has 0 bridgehead atoms. The average molecular weight is 223 g/mol. The molecule has 0 aliphatic heterocycles. The summed E-state index contributed by atoms with van der Waals surface area (Å²) in [5, 5.41) is 0. The fourth-order valence-electron chi connectivity index (χ4n) is 2.07. The van der Waals surface area contributed by atoms with E-state index in [9.17, 15) is 0 Å². The minimum atomic E-state index is 1.19. The molecule has 0 amide bonds. The lowest BCUT2D eigenvalue weighted by Crippen LogP contribution is -1.88. The molecule has 0 nitrogen and oxygen atoms in total. The molecule has 0 saturated carbocycles. The van der Waals surface area contributed by atoms with E-state index in [2.05, 4.69) is 54.6 Å². The van der Waals surface area contributed by atoms with E-state index in [1.165, 1.54) is 43.2 Å². The summed E-state index contributed by atoms with van der Waals surface area (Å²) in [4.78, 5) is 0. The van der Waals surface area contributed by atoms with E-state index in [0.29, 0.717) is 0 Å². The summed E-state index contributed by atoms with van der Waals surface area (Å²) in [6.45, 7) is 0. The van der Waals surface area contributed by atoms with Gasteiger partial charge in [-0.3, -0.25) is 0 Å². The highest BCUT2D eigenvalue weighted by Gasteiger charge is 1.94. The molecule has 0 fully saturated rings. The van der Waals surface area contributed by atoms with E-state index in [4.69, 9.17) is 0 Å². The summed E-state index contributed by atoms with van der Waals surface area (Å²) in [5.41, 5.74) is 2.87. The van der Waals surface area contributed by atoms with Crippen molar-refractivity contribution < 1.29 is 0 Å². The van der Waals surface area contributed by atoms with Crippen LogP contribution in [0.15, 0.2) is 54.6 Å². The van der Waals surface area contributed by atoms with Crippen LogP contribution in [-0.2, 0) is 12.8 Å². The quantitative estimate of drug-likeness (QED) is 0.635. The van der Waals surface area contributed by atoms with Gasteiger partial charge in [0.15, 0.2) is 0 Å². The molecule has 2 aromatic carbocycles. The topological polar surface area (TPSA) is 0 Å². The normalized spacial score (nSPS) is 10.4. The van der Waals surface area contributed by atoms with Crippen molar-refractivity contribution in [2.75, 3.05) is 0 Å². The van der Waals surface area contributed by atoms with Crippen molar-refractivity contribution in [2.24, 2.45) is 0 Å². The first-order valence-corrected chi connectivity index (χ1v) is 6.44. The zero-order valence-electron chi connectivity index (χ0n) is 10.2. The van der Waals surface area contributed by atoms with E-state index in [-0.39, 0.29) is 0 Å². The maximum absolute atomic E-state index is 3.13. The molecule has 1 radical (unpaired) electrons. The maximum atomic E-state index is 3.13. The van der Waals surface area contributed by atoms with Gasteiger partial charge < -0.3 is 0 Å². The number of unbranched alkanes of at least 4 members (excludes halogenated alkanes) is 2. The molecule has 87 valence electrons. The number of hydrogen-bond acceptors (Lipinski definition) is 0. The minimum Gasteiger partial charge on any atom is -0.0622 e. The van der Waals surface area contributed by atoms with Gasteiger partial charge in [-0.15, -0.1) is 0 Å². The molecule has 0 saturated heterocycles. The molecule has 0 heteroatoms. The summed E-state index contributed by atoms with van der Waals surface area (Å²) >= 11 is 0. The van der Waals surface area contributed by atoms with Gasteiger partial charge in [-0.1, -0.05) is 61.0 Å². The Bertz CT molecular complexity index is 361. The fourth-order valence-corrected chi connectivity index (χ4v) is 2.07. The van der Waals surface area contributed by atoms with E-state index < -0.39 is 0 Å². The van der Waals surface area contributed by atoms with Crippen molar-refractivity contribution in [2.45, 2.75) is 32.1 Å². The van der Waals surface area contributed by atoms with Gasteiger partial charge in [0, 0.05) is 0 Å². The van der Waals surface area contributed by atoms with Crippen LogP contribution in [0, 0.1) is 6.07 Å². The number of aryl methyl sites for hydroxylation is 2. The van der Waals surface area contributed by atoms with Gasteiger partial charge in [0.2, 0.25) is 0 Å². The van der Waals surface area contributed by atoms with Crippen molar-refractivity contribution in [1.82, 2.24) is 0 Å². The zero-order valence-corrected chi connectivity index (χ0v) is 10.2. The molecule has 0 unspecified atom stereocenters. The first kappa shape index (κ1) is 11.9. The number of benzene rings is 2. The van der Waals surface area contributed by atoms with Gasteiger partial charge in [-0.2, -0.15) is 0 Å². The van der Waals surface area contributed by atoms with Crippen LogP contribution in [0.5, 0.6) is 0 Å². The van der Waals surface area contributed by atoms with Gasteiger partial charge in [0.05, 0.1) is 0 Å². The minimum absolute atomic E-state index is 1.19. The molecule has 0 N–H and O–H groups in total. The van der Waals surface area contributed by atoms with E-state index in [1.54, 1.807) is 0 Å². The van der Waals surface area contributed by atoms with Crippen molar-refractivity contribution in [3.05, 3.63) is 71.8 Å². The molecule has 2 rings (SSSR count). The summed E-state index contributed by atoms with van der Waals surface area (Å²) in [5.74, 6) is 0. The van der Waals surface area contributed by atoms with E-state index in [1.807, 2.05) is 6.07 Å². The molecule has 2 aromatic rings. The van der Waals surface area contributed by atoms with Crippen LogP contribution in [0.2, 0.25) is 0 Å². The Balaban J connectivity index is 1.61. The molecule has 0 atom stereocenters. The average Bonchev–Trinajstić information content (AvgIpc) is 2.41. The second-order valence-electron chi connectivity index (χ2n) is 4.46. The van der Waals surface area contributed by atoms with Crippen LogP contribution in [0.4, 0.5) is 0 Å². The third-order valence-corrected chi connectivity index (χ3v) is 3.05. The summed E-state index contributed by atoms with van der Waals surface area (Å²) < 4.78 is 0. The molecule has 0 aromatic heterocycles. The van der Waals surface area contributed by atoms with Crippen LogP contribution < -0.4 is 0 Å². The highest BCUT2D eigenvalue weighted by molar-refractivity contribution is 5.15. The lowest BCUT2D eigenvalue weighted by molar-refractivity contribution is 0.678. The summed E-state index contributed by atoms with van der Waals surface area (Å²) in [6.07, 6.45) is 6.28. The fraction of sp³-hybridized carbons (Fsp3) is 0.294. The Labute approximate surface area is 104 Å². The molecule has 0 heterocycles. The van der Waals surface area contributed by atoms with Gasteiger partial charge >= 0.3 is 0 Å². The Hall–Kier alpha value is -1.56. The molecule has 0 aliphatic carbocycles. The van der Waals surface area contributed by atoms with E-state index >= 15 is 0 Å². The predicted molar refractivity (Wildman–Crippen MR) is 73.0 cm³/mol. The molecule has 0 spiro atoms. The second kappa shape index (κ2) is 6.90. The third-order valence-electron chi connectivity index (χ3n) is 3.05. The van der Waals surface area contributed by atoms with Crippen molar-refractivity contribution in [3.8, 4) is 0 Å². The predicted octanol–water partition coefficient (Wildman–Crippen LogP) is 4.44. The monoisotopic (exact) mass is 223 g/mol.